The Morgan fingerprint density at radius 1 is 1.18 bits per heavy atom. The van der Waals surface area contributed by atoms with Crippen LogP contribution in [0.25, 0.3) is 11.0 Å². The highest BCUT2D eigenvalue weighted by atomic mass is 35.5. The SMILES string of the molecule is CC1CCC(Cn2c(C(O)c3ccccc3F)cc3nc(Cl)nc(Cl)c32)CC1. The fourth-order valence-corrected chi connectivity index (χ4v) is 4.66. The Balaban J connectivity index is 1.80. The number of benzene rings is 1. The van der Waals surface area contributed by atoms with E-state index in [1.165, 1.54) is 18.9 Å². The van der Waals surface area contributed by atoms with Gasteiger partial charge in [-0.05, 0) is 48.4 Å². The van der Waals surface area contributed by atoms with Crippen molar-refractivity contribution >= 4 is 34.2 Å². The standard InChI is InChI=1S/C21H22Cl2FN3O/c1-12-6-8-13(9-7-12)11-27-17(19(28)14-4-2-3-5-15(14)24)10-16-18(27)20(22)26-21(23)25-16/h2-5,10,12-13,19,28H,6-9,11H2,1H3. The first-order valence-corrected chi connectivity index (χ1v) is 10.3. The van der Waals surface area contributed by atoms with E-state index in [1.807, 2.05) is 4.57 Å². The fraction of sp³-hybridized carbons (Fsp3) is 0.429. The van der Waals surface area contributed by atoms with Crippen molar-refractivity contribution in [2.24, 2.45) is 11.8 Å². The minimum atomic E-state index is -1.13. The molecule has 0 bridgehead atoms. The molecule has 2 aromatic heterocycles. The van der Waals surface area contributed by atoms with Crippen LogP contribution in [0.5, 0.6) is 0 Å². The van der Waals surface area contributed by atoms with Gasteiger partial charge in [-0.15, -0.1) is 0 Å². The number of aliphatic hydroxyl groups excluding tert-OH is 1. The van der Waals surface area contributed by atoms with E-state index in [-0.39, 0.29) is 16.0 Å². The number of fused-ring (bicyclic) bond motifs is 1. The van der Waals surface area contributed by atoms with Crippen molar-refractivity contribution < 1.29 is 9.50 Å². The molecule has 3 aromatic rings. The Kier molecular flexibility index (Phi) is 5.59. The summed E-state index contributed by atoms with van der Waals surface area (Å²) in [7, 11) is 0. The average molecular weight is 422 g/mol. The van der Waals surface area contributed by atoms with Crippen LogP contribution in [-0.2, 0) is 6.54 Å². The Labute approximate surface area is 173 Å². The maximum atomic E-state index is 14.3. The third-order valence-electron chi connectivity index (χ3n) is 5.76. The highest BCUT2D eigenvalue weighted by Crippen LogP contribution is 2.36. The molecule has 1 aliphatic rings. The van der Waals surface area contributed by atoms with Gasteiger partial charge < -0.3 is 9.67 Å². The second kappa shape index (κ2) is 7.97. The second-order valence-electron chi connectivity index (χ2n) is 7.75. The normalized spacial score (nSPS) is 21.2. The van der Waals surface area contributed by atoms with E-state index < -0.39 is 11.9 Å². The van der Waals surface area contributed by atoms with E-state index in [0.717, 1.165) is 18.8 Å². The smallest absolute Gasteiger partial charge is 0.224 e. The first-order valence-electron chi connectivity index (χ1n) is 9.58. The van der Waals surface area contributed by atoms with Gasteiger partial charge in [-0.1, -0.05) is 49.6 Å². The Morgan fingerprint density at radius 3 is 2.61 bits per heavy atom. The van der Waals surface area contributed by atoms with Crippen LogP contribution >= 0.6 is 23.2 Å². The average Bonchev–Trinajstić information content (AvgIpc) is 3.02. The lowest BCUT2D eigenvalue weighted by atomic mass is 9.83. The third-order valence-corrected chi connectivity index (χ3v) is 6.20. The minimum Gasteiger partial charge on any atom is -0.382 e. The van der Waals surface area contributed by atoms with Crippen molar-refractivity contribution in [2.45, 2.75) is 45.3 Å². The van der Waals surface area contributed by atoms with Crippen LogP contribution in [-0.4, -0.2) is 19.6 Å². The molecule has 0 saturated heterocycles. The lowest BCUT2D eigenvalue weighted by Crippen LogP contribution is -2.20. The summed E-state index contributed by atoms with van der Waals surface area (Å²) in [6.45, 7) is 2.96. The lowest BCUT2D eigenvalue weighted by Gasteiger charge is -2.28. The molecule has 2 heterocycles. The van der Waals surface area contributed by atoms with Crippen LogP contribution in [0.3, 0.4) is 0 Å². The van der Waals surface area contributed by atoms with Gasteiger partial charge in [0, 0.05) is 12.1 Å². The molecular weight excluding hydrogens is 400 g/mol. The number of halogens is 3. The second-order valence-corrected chi connectivity index (χ2v) is 8.44. The summed E-state index contributed by atoms with van der Waals surface area (Å²) < 4.78 is 16.3. The first-order chi connectivity index (χ1) is 13.4. The predicted octanol–water partition coefficient (Wildman–Crippen LogP) is 5.79. The molecule has 0 spiro atoms. The molecule has 1 N–H and O–H groups in total. The predicted molar refractivity (Wildman–Crippen MR) is 109 cm³/mol. The van der Waals surface area contributed by atoms with Gasteiger partial charge in [-0.2, -0.15) is 0 Å². The molecular formula is C21H22Cl2FN3O. The quantitative estimate of drug-likeness (QED) is 0.428. The summed E-state index contributed by atoms with van der Waals surface area (Å²) in [4.78, 5) is 8.34. The highest BCUT2D eigenvalue weighted by molar-refractivity contribution is 6.35. The van der Waals surface area contributed by atoms with Crippen molar-refractivity contribution in [1.29, 1.82) is 0 Å². The summed E-state index contributed by atoms with van der Waals surface area (Å²) in [6.07, 6.45) is 3.47. The molecule has 1 aromatic carbocycles. The van der Waals surface area contributed by atoms with Crippen LogP contribution in [0.2, 0.25) is 10.4 Å². The van der Waals surface area contributed by atoms with Gasteiger partial charge in [0.1, 0.15) is 17.4 Å². The number of nitrogens with zero attached hydrogens (tertiary/aromatic N) is 3. The van der Waals surface area contributed by atoms with Crippen LogP contribution in [0, 0.1) is 17.7 Å². The monoisotopic (exact) mass is 421 g/mol. The molecule has 28 heavy (non-hydrogen) atoms. The minimum absolute atomic E-state index is 0.0491. The van der Waals surface area contributed by atoms with Gasteiger partial charge in [0.15, 0.2) is 5.15 Å². The molecule has 0 radical (unpaired) electrons. The van der Waals surface area contributed by atoms with Gasteiger partial charge >= 0.3 is 0 Å². The Morgan fingerprint density at radius 2 is 1.89 bits per heavy atom. The van der Waals surface area contributed by atoms with E-state index in [4.69, 9.17) is 23.2 Å². The molecule has 1 aliphatic carbocycles. The summed E-state index contributed by atoms with van der Waals surface area (Å²) in [5.41, 5.74) is 1.96. The number of hydrogen-bond acceptors (Lipinski definition) is 3. The van der Waals surface area contributed by atoms with Gasteiger partial charge in [-0.3, -0.25) is 0 Å². The number of aliphatic hydroxyl groups is 1. The Bertz CT molecular complexity index is 999. The summed E-state index contributed by atoms with van der Waals surface area (Å²) in [5.74, 6) is 0.755. The lowest BCUT2D eigenvalue weighted by molar-refractivity contribution is 0.198. The maximum absolute atomic E-state index is 14.3. The Hall–Kier alpha value is -1.69. The molecule has 4 nitrogen and oxygen atoms in total. The van der Waals surface area contributed by atoms with Crippen molar-refractivity contribution in [3.8, 4) is 0 Å². The van der Waals surface area contributed by atoms with E-state index in [2.05, 4.69) is 16.9 Å². The molecule has 1 saturated carbocycles. The third kappa shape index (κ3) is 3.76. The van der Waals surface area contributed by atoms with Gasteiger partial charge in [0.05, 0.1) is 11.2 Å². The van der Waals surface area contributed by atoms with Crippen LogP contribution in [0.4, 0.5) is 4.39 Å². The van der Waals surface area contributed by atoms with Crippen LogP contribution in [0.1, 0.15) is 50.0 Å². The molecule has 1 atom stereocenters. The summed E-state index contributed by atoms with van der Waals surface area (Å²) >= 11 is 12.4. The topological polar surface area (TPSA) is 50.9 Å². The van der Waals surface area contributed by atoms with Gasteiger partial charge in [0.2, 0.25) is 5.28 Å². The number of hydrogen-bond donors (Lipinski definition) is 1. The zero-order valence-electron chi connectivity index (χ0n) is 15.6. The molecule has 7 heteroatoms. The molecule has 1 fully saturated rings. The van der Waals surface area contributed by atoms with Crippen molar-refractivity contribution in [1.82, 2.24) is 14.5 Å². The zero-order valence-corrected chi connectivity index (χ0v) is 17.1. The molecule has 1 unspecified atom stereocenters. The molecule has 0 aliphatic heterocycles. The number of rotatable bonds is 4. The van der Waals surface area contributed by atoms with Crippen molar-refractivity contribution in [3.05, 3.63) is 57.8 Å². The van der Waals surface area contributed by atoms with E-state index in [9.17, 15) is 9.50 Å². The molecule has 4 rings (SSSR count). The van der Waals surface area contributed by atoms with Crippen LogP contribution < -0.4 is 0 Å². The molecule has 148 valence electrons. The van der Waals surface area contributed by atoms with E-state index in [1.54, 1.807) is 24.3 Å². The first kappa shape index (κ1) is 19.6. The highest BCUT2D eigenvalue weighted by Gasteiger charge is 2.26. The largest absolute Gasteiger partial charge is 0.382 e. The van der Waals surface area contributed by atoms with Gasteiger partial charge in [0.25, 0.3) is 0 Å². The van der Waals surface area contributed by atoms with Gasteiger partial charge in [-0.25, -0.2) is 14.4 Å². The van der Waals surface area contributed by atoms with Crippen molar-refractivity contribution in [3.63, 3.8) is 0 Å². The fourth-order valence-electron chi connectivity index (χ4n) is 4.16. The summed E-state index contributed by atoms with van der Waals surface area (Å²) in [6, 6.07) is 7.98. The van der Waals surface area contributed by atoms with Crippen LogP contribution in [0.15, 0.2) is 30.3 Å². The molecule has 0 amide bonds. The van der Waals surface area contributed by atoms with Crippen molar-refractivity contribution in [2.75, 3.05) is 0 Å². The van der Waals surface area contributed by atoms with E-state index >= 15 is 0 Å². The summed E-state index contributed by atoms with van der Waals surface area (Å²) in [5, 5.41) is 11.3. The van der Waals surface area contributed by atoms with E-state index in [0.29, 0.717) is 29.2 Å². The zero-order chi connectivity index (χ0) is 19.8. The number of aromatic nitrogens is 3. The maximum Gasteiger partial charge on any atom is 0.224 e.